The number of benzene rings is 1. The van der Waals surface area contributed by atoms with Crippen LogP contribution in [0.25, 0.3) is 11.2 Å². The molecule has 3 heterocycles. The van der Waals surface area contributed by atoms with Gasteiger partial charge in [-0.15, -0.1) is 0 Å². The van der Waals surface area contributed by atoms with Crippen LogP contribution in [0.1, 0.15) is 52.7 Å². The molecular weight excluding hydrogens is 558 g/mol. The fourth-order valence-corrected chi connectivity index (χ4v) is 6.07. The van der Waals surface area contributed by atoms with Crippen LogP contribution in [0.4, 0.5) is 5.82 Å². The molecule has 200 valence electrons. The predicted molar refractivity (Wildman–Crippen MR) is 150 cm³/mol. The lowest BCUT2D eigenvalue weighted by molar-refractivity contribution is 0.327. The van der Waals surface area contributed by atoms with Gasteiger partial charge in [-0.3, -0.25) is 0 Å². The molecule has 1 aliphatic heterocycles. The number of sulfonamides is 1. The van der Waals surface area contributed by atoms with Crippen LogP contribution in [0, 0.1) is 0 Å². The number of allylic oxidation sites excluding steroid dienone is 3. The molecule has 11 heteroatoms. The van der Waals surface area contributed by atoms with E-state index in [-0.39, 0.29) is 22.4 Å². The number of piperidine rings is 1. The van der Waals surface area contributed by atoms with Gasteiger partial charge in [-0.2, -0.15) is 13.9 Å². The lowest BCUT2D eigenvalue weighted by Gasteiger charge is -2.32. The Morgan fingerprint density at radius 3 is 2.54 bits per heavy atom. The molecule has 1 aliphatic rings. The molecule has 2 aromatic heterocycles. The maximum Gasteiger partial charge on any atom is 0.246 e. The summed E-state index contributed by atoms with van der Waals surface area (Å²) in [5.74, 6) is 0.612. The minimum absolute atomic E-state index is 0.00100. The van der Waals surface area contributed by atoms with E-state index in [1.54, 1.807) is 28.9 Å². The molecule has 0 radical (unpaired) electrons. The number of hydrogen-bond donors (Lipinski definition) is 3. The van der Waals surface area contributed by atoms with Crippen LogP contribution >= 0.6 is 15.9 Å². The van der Waals surface area contributed by atoms with Gasteiger partial charge in [0.2, 0.25) is 10.0 Å². The molecular formula is C26H34BrN5O4S. The molecule has 0 spiro atoms. The smallest absolute Gasteiger partial charge is 0.246 e. The molecule has 4 rings (SSSR count). The first-order chi connectivity index (χ1) is 17.8. The fourth-order valence-electron chi connectivity index (χ4n) is 4.17. The second kappa shape index (κ2) is 12.6. The third-order valence-electron chi connectivity index (χ3n) is 5.96. The van der Waals surface area contributed by atoms with E-state index < -0.39 is 10.0 Å². The number of rotatable bonds is 7. The van der Waals surface area contributed by atoms with Crippen molar-refractivity contribution in [2.24, 2.45) is 0 Å². The van der Waals surface area contributed by atoms with E-state index in [1.165, 1.54) is 16.4 Å². The number of para-hydroxylation sites is 1. The lowest BCUT2D eigenvalue weighted by Crippen LogP contribution is -2.42. The first-order valence-electron chi connectivity index (χ1n) is 12.4. The summed E-state index contributed by atoms with van der Waals surface area (Å²) in [5.41, 5.74) is 1.83. The van der Waals surface area contributed by atoms with Crippen LogP contribution in [0.3, 0.4) is 0 Å². The molecule has 37 heavy (non-hydrogen) atoms. The lowest BCUT2D eigenvalue weighted by atomic mass is 10.1. The van der Waals surface area contributed by atoms with Gasteiger partial charge in [-0.25, -0.2) is 13.4 Å². The summed E-state index contributed by atoms with van der Waals surface area (Å²) < 4.78 is 29.8. The number of halogens is 1. The van der Waals surface area contributed by atoms with Gasteiger partial charge in [-0.1, -0.05) is 39.0 Å². The Balaban J connectivity index is 0.00000186. The topological polar surface area (TPSA) is 120 Å². The van der Waals surface area contributed by atoms with Crippen molar-refractivity contribution < 1.29 is 18.6 Å². The number of aliphatic hydroxyl groups is 1. The summed E-state index contributed by atoms with van der Waals surface area (Å²) in [6.07, 6.45) is 7.06. The van der Waals surface area contributed by atoms with Crippen molar-refractivity contribution >= 4 is 43.0 Å². The van der Waals surface area contributed by atoms with Crippen molar-refractivity contribution in [1.82, 2.24) is 18.9 Å². The molecule has 0 amide bonds. The molecule has 0 saturated carbocycles. The standard InChI is InChI=1S/C24H28BrN5O4S.C2H6/c1-3-7-20(31)17(4-2)19-14-23(30-24(28-19)18(25)15-26-30)27-16-10-12-29(13-11-16)35(33,34)22-9-6-5-8-21(22)32;1-2/h4-9,14-16,27,31-32H,3,10-13H2,1-2H3;1-2H3/b17-4-,20-7+;. The van der Waals surface area contributed by atoms with Crippen molar-refractivity contribution in [2.45, 2.75) is 57.9 Å². The monoisotopic (exact) mass is 591 g/mol. The summed E-state index contributed by atoms with van der Waals surface area (Å²) >= 11 is 3.49. The van der Waals surface area contributed by atoms with Gasteiger partial charge in [0.15, 0.2) is 5.65 Å². The first kappa shape index (κ1) is 28.7. The summed E-state index contributed by atoms with van der Waals surface area (Å²) in [6.45, 7) is 8.43. The first-order valence-corrected chi connectivity index (χ1v) is 14.6. The van der Waals surface area contributed by atoms with Gasteiger partial charge in [0.05, 0.1) is 16.4 Å². The molecule has 1 saturated heterocycles. The number of hydrogen-bond acceptors (Lipinski definition) is 7. The summed E-state index contributed by atoms with van der Waals surface area (Å²) in [5, 5.41) is 28.4. The highest BCUT2D eigenvalue weighted by Gasteiger charge is 2.31. The van der Waals surface area contributed by atoms with Crippen molar-refractivity contribution in [3.8, 4) is 5.75 Å². The van der Waals surface area contributed by atoms with E-state index in [4.69, 9.17) is 0 Å². The molecule has 3 aromatic rings. The number of anilines is 1. The Hall–Kier alpha value is -2.89. The van der Waals surface area contributed by atoms with E-state index in [0.717, 1.165) is 4.47 Å². The Morgan fingerprint density at radius 1 is 1.24 bits per heavy atom. The summed E-state index contributed by atoms with van der Waals surface area (Å²) in [4.78, 5) is 4.61. The predicted octanol–water partition coefficient (Wildman–Crippen LogP) is 5.74. The van der Waals surface area contributed by atoms with E-state index in [2.05, 4.69) is 31.3 Å². The number of aromatic nitrogens is 3. The van der Waals surface area contributed by atoms with Crippen LogP contribution in [-0.4, -0.2) is 56.7 Å². The van der Waals surface area contributed by atoms with Gasteiger partial charge in [0.1, 0.15) is 22.2 Å². The quantitative estimate of drug-likeness (QED) is 0.236. The molecule has 1 aromatic carbocycles. The molecule has 9 nitrogen and oxygen atoms in total. The Labute approximate surface area is 226 Å². The summed E-state index contributed by atoms with van der Waals surface area (Å²) in [6, 6.07) is 7.83. The average molecular weight is 593 g/mol. The van der Waals surface area contributed by atoms with E-state index in [0.29, 0.717) is 55.1 Å². The number of aliphatic hydroxyl groups excluding tert-OH is 1. The Morgan fingerprint density at radius 2 is 1.92 bits per heavy atom. The van der Waals surface area contributed by atoms with Crippen molar-refractivity contribution in [3.63, 3.8) is 0 Å². The van der Waals surface area contributed by atoms with Gasteiger partial charge in [-0.05, 0) is 60.3 Å². The average Bonchev–Trinajstić information content (AvgIpc) is 3.27. The molecule has 1 fully saturated rings. The Kier molecular flexibility index (Phi) is 9.74. The maximum absolute atomic E-state index is 13.0. The van der Waals surface area contributed by atoms with Gasteiger partial charge in [0, 0.05) is 30.8 Å². The molecule has 0 aliphatic carbocycles. The van der Waals surface area contributed by atoms with Crippen molar-refractivity contribution in [2.75, 3.05) is 18.4 Å². The second-order valence-electron chi connectivity index (χ2n) is 8.24. The van der Waals surface area contributed by atoms with Crippen LogP contribution < -0.4 is 5.32 Å². The number of nitrogens with one attached hydrogen (secondary N) is 1. The third kappa shape index (κ3) is 6.16. The summed E-state index contributed by atoms with van der Waals surface area (Å²) in [7, 11) is -3.78. The highest BCUT2D eigenvalue weighted by Crippen LogP contribution is 2.30. The minimum atomic E-state index is -3.78. The second-order valence-corrected chi connectivity index (χ2v) is 11.0. The Bertz CT molecular complexity index is 1390. The molecule has 3 N–H and O–H groups in total. The van der Waals surface area contributed by atoms with Crippen LogP contribution in [0.15, 0.2) is 63.8 Å². The molecule has 0 bridgehead atoms. The van der Waals surface area contributed by atoms with Gasteiger partial charge in [0.25, 0.3) is 0 Å². The fraction of sp³-hybridized carbons (Fsp3) is 0.385. The number of phenols is 1. The third-order valence-corrected chi connectivity index (χ3v) is 8.46. The van der Waals surface area contributed by atoms with Gasteiger partial charge < -0.3 is 15.5 Å². The normalized spacial score (nSPS) is 15.9. The highest BCUT2D eigenvalue weighted by atomic mass is 79.9. The number of phenolic OH excluding ortho intramolecular Hbond substituents is 1. The zero-order chi connectivity index (χ0) is 27.2. The van der Waals surface area contributed by atoms with Crippen molar-refractivity contribution in [1.29, 1.82) is 0 Å². The number of aromatic hydroxyl groups is 1. The SMILES string of the molecule is C/C=C(\C(O)=C/CC)c1cc(NC2CCN(S(=O)(=O)c3ccccc3O)CC2)n2ncc(Br)c2n1.CC. The van der Waals surface area contributed by atoms with E-state index in [1.807, 2.05) is 39.8 Å². The number of nitrogens with zero attached hydrogens (tertiary/aromatic N) is 4. The van der Waals surface area contributed by atoms with Crippen LogP contribution in [0.2, 0.25) is 0 Å². The zero-order valence-corrected chi connectivity index (χ0v) is 23.9. The highest BCUT2D eigenvalue weighted by molar-refractivity contribution is 9.10. The van der Waals surface area contributed by atoms with Crippen LogP contribution in [0.5, 0.6) is 5.75 Å². The maximum atomic E-state index is 13.0. The molecule has 0 unspecified atom stereocenters. The van der Waals surface area contributed by atoms with Crippen molar-refractivity contribution in [3.05, 3.63) is 64.6 Å². The zero-order valence-electron chi connectivity index (χ0n) is 21.5. The number of fused-ring (bicyclic) bond motifs is 1. The largest absolute Gasteiger partial charge is 0.508 e. The van der Waals surface area contributed by atoms with Gasteiger partial charge >= 0.3 is 0 Å². The minimum Gasteiger partial charge on any atom is -0.508 e. The van der Waals surface area contributed by atoms with Crippen LogP contribution in [-0.2, 0) is 10.0 Å². The van der Waals surface area contributed by atoms with E-state index >= 15 is 0 Å². The molecule has 0 atom stereocenters. The van der Waals surface area contributed by atoms with E-state index in [9.17, 15) is 18.6 Å².